The molecule has 0 aromatic heterocycles. The van der Waals surface area contributed by atoms with Gasteiger partial charge in [0.05, 0.1) is 6.61 Å². The Labute approximate surface area is 159 Å². The van der Waals surface area contributed by atoms with E-state index >= 15 is 0 Å². The van der Waals surface area contributed by atoms with E-state index in [1.165, 1.54) is 5.56 Å². The first-order valence-electron chi connectivity index (χ1n) is 9.36. The zero-order valence-corrected chi connectivity index (χ0v) is 15.8. The molecule has 26 heavy (non-hydrogen) atoms. The molecule has 1 saturated carbocycles. The minimum atomic E-state index is -0.0241. The van der Waals surface area contributed by atoms with E-state index in [1.54, 1.807) is 24.3 Å². The molecular formula is C22H24ClNO2. The van der Waals surface area contributed by atoms with Gasteiger partial charge < -0.3 is 10.1 Å². The molecule has 1 spiro atoms. The van der Waals surface area contributed by atoms with Crippen LogP contribution in [0.1, 0.15) is 48.5 Å². The number of nitrogens with one attached hydrogen (secondary N) is 1. The predicted molar refractivity (Wildman–Crippen MR) is 104 cm³/mol. The van der Waals surface area contributed by atoms with Gasteiger partial charge in [-0.25, -0.2) is 0 Å². The summed E-state index contributed by atoms with van der Waals surface area (Å²) in [6.07, 6.45) is 4.46. The van der Waals surface area contributed by atoms with Crippen molar-refractivity contribution in [3.05, 3.63) is 64.7 Å². The van der Waals surface area contributed by atoms with Gasteiger partial charge in [-0.1, -0.05) is 29.8 Å². The van der Waals surface area contributed by atoms with Crippen molar-refractivity contribution in [2.45, 2.75) is 44.1 Å². The predicted octanol–water partition coefficient (Wildman–Crippen LogP) is 4.98. The van der Waals surface area contributed by atoms with Crippen LogP contribution in [0.3, 0.4) is 0 Å². The Morgan fingerprint density at radius 3 is 2.58 bits per heavy atom. The summed E-state index contributed by atoms with van der Waals surface area (Å²) in [6.45, 7) is 2.92. The van der Waals surface area contributed by atoms with Gasteiger partial charge in [0.15, 0.2) is 0 Å². The summed E-state index contributed by atoms with van der Waals surface area (Å²) in [4.78, 5) is 12.4. The SMILES string of the molecule is C[C@H](NC(=O)c1ccc(Cl)cc1)C1CCC2(CC1)COc1ccccc12. The number of ether oxygens (including phenoxy) is 1. The molecule has 2 aromatic carbocycles. The van der Waals surface area contributed by atoms with Crippen LogP contribution >= 0.6 is 11.6 Å². The van der Waals surface area contributed by atoms with E-state index in [0.29, 0.717) is 16.5 Å². The summed E-state index contributed by atoms with van der Waals surface area (Å²) in [6, 6.07) is 15.6. The molecule has 2 aromatic rings. The number of hydrogen-bond donors (Lipinski definition) is 1. The highest BCUT2D eigenvalue weighted by atomic mass is 35.5. The molecule has 2 aliphatic rings. The van der Waals surface area contributed by atoms with Gasteiger partial charge in [0.25, 0.3) is 5.91 Å². The maximum absolute atomic E-state index is 12.4. The fourth-order valence-electron chi connectivity index (χ4n) is 4.44. The van der Waals surface area contributed by atoms with Crippen LogP contribution in [0.5, 0.6) is 5.75 Å². The summed E-state index contributed by atoms with van der Waals surface area (Å²) >= 11 is 5.90. The number of rotatable bonds is 3. The van der Waals surface area contributed by atoms with Crippen LogP contribution in [0, 0.1) is 5.92 Å². The standard InChI is InChI=1S/C22H24ClNO2/c1-15(24-21(25)17-6-8-18(23)9-7-17)16-10-12-22(13-11-16)14-26-20-5-3-2-4-19(20)22/h2-9,15-16H,10-14H2,1H3,(H,24,25)/t15-,16?,22?/m0/s1. The molecule has 1 aliphatic carbocycles. The van der Waals surface area contributed by atoms with E-state index in [-0.39, 0.29) is 17.4 Å². The normalized spacial score (nSPS) is 25.4. The molecular weight excluding hydrogens is 346 g/mol. The number of carbonyl (C=O) groups excluding carboxylic acids is 1. The molecule has 0 radical (unpaired) electrons. The number of amides is 1. The second kappa shape index (κ2) is 6.96. The molecule has 3 nitrogen and oxygen atoms in total. The molecule has 0 saturated heterocycles. The molecule has 0 bridgehead atoms. The summed E-state index contributed by atoms with van der Waals surface area (Å²) in [5.74, 6) is 1.53. The minimum Gasteiger partial charge on any atom is -0.492 e. The average molecular weight is 370 g/mol. The maximum Gasteiger partial charge on any atom is 0.251 e. The summed E-state index contributed by atoms with van der Waals surface area (Å²) in [7, 11) is 0. The van der Waals surface area contributed by atoms with E-state index < -0.39 is 0 Å². The fourth-order valence-corrected chi connectivity index (χ4v) is 4.57. The monoisotopic (exact) mass is 369 g/mol. The van der Waals surface area contributed by atoms with Gasteiger partial charge in [-0.15, -0.1) is 0 Å². The van der Waals surface area contributed by atoms with Crippen LogP contribution in [-0.4, -0.2) is 18.6 Å². The second-order valence-corrected chi connectivity index (χ2v) is 8.11. The molecule has 1 heterocycles. The first kappa shape index (κ1) is 17.4. The Balaban J connectivity index is 1.37. The van der Waals surface area contributed by atoms with Crippen molar-refractivity contribution in [1.29, 1.82) is 0 Å². The zero-order valence-electron chi connectivity index (χ0n) is 15.0. The molecule has 1 aliphatic heterocycles. The Hall–Kier alpha value is -2.00. The number of para-hydroxylation sites is 1. The van der Waals surface area contributed by atoms with Crippen LogP contribution in [0.2, 0.25) is 5.02 Å². The van der Waals surface area contributed by atoms with Crippen molar-refractivity contribution in [2.24, 2.45) is 5.92 Å². The van der Waals surface area contributed by atoms with E-state index in [2.05, 4.69) is 30.4 Å². The molecule has 136 valence electrons. The maximum atomic E-state index is 12.4. The Morgan fingerprint density at radius 1 is 1.15 bits per heavy atom. The molecule has 1 atom stereocenters. The van der Waals surface area contributed by atoms with Gasteiger partial charge in [0.2, 0.25) is 0 Å². The number of fused-ring (bicyclic) bond motifs is 2. The second-order valence-electron chi connectivity index (χ2n) is 7.67. The van der Waals surface area contributed by atoms with Crippen LogP contribution in [-0.2, 0) is 5.41 Å². The zero-order chi connectivity index (χ0) is 18.1. The Morgan fingerprint density at radius 2 is 1.85 bits per heavy atom. The van der Waals surface area contributed by atoms with Crippen molar-refractivity contribution in [2.75, 3.05) is 6.61 Å². The first-order chi connectivity index (χ1) is 12.6. The molecule has 4 heteroatoms. The lowest BCUT2D eigenvalue weighted by Crippen LogP contribution is -2.42. The largest absolute Gasteiger partial charge is 0.492 e. The fraction of sp³-hybridized carbons (Fsp3) is 0.409. The van der Waals surface area contributed by atoms with Gasteiger partial charge >= 0.3 is 0 Å². The topological polar surface area (TPSA) is 38.3 Å². The van der Waals surface area contributed by atoms with Crippen LogP contribution in [0.15, 0.2) is 48.5 Å². The van der Waals surface area contributed by atoms with Gasteiger partial charge in [-0.05, 0) is 68.9 Å². The highest BCUT2D eigenvalue weighted by Crippen LogP contribution is 2.49. The number of carbonyl (C=O) groups is 1. The van der Waals surface area contributed by atoms with Gasteiger partial charge in [0, 0.05) is 27.6 Å². The van der Waals surface area contributed by atoms with Gasteiger partial charge in [0.1, 0.15) is 5.75 Å². The quantitative estimate of drug-likeness (QED) is 0.828. The third-order valence-corrected chi connectivity index (χ3v) is 6.37. The molecule has 1 fully saturated rings. The molecule has 1 N–H and O–H groups in total. The highest BCUT2D eigenvalue weighted by Gasteiger charge is 2.44. The van der Waals surface area contributed by atoms with E-state index in [9.17, 15) is 4.79 Å². The van der Waals surface area contributed by atoms with Crippen LogP contribution < -0.4 is 10.1 Å². The number of hydrogen-bond acceptors (Lipinski definition) is 2. The lowest BCUT2D eigenvalue weighted by molar-refractivity contribution is 0.0905. The van der Waals surface area contributed by atoms with Crippen molar-refractivity contribution in [3.8, 4) is 5.75 Å². The lowest BCUT2D eigenvalue weighted by atomic mass is 9.66. The van der Waals surface area contributed by atoms with E-state index in [1.807, 2.05) is 6.07 Å². The van der Waals surface area contributed by atoms with Crippen LogP contribution in [0.4, 0.5) is 0 Å². The first-order valence-corrected chi connectivity index (χ1v) is 9.74. The Bertz CT molecular complexity index is 794. The van der Waals surface area contributed by atoms with Crippen molar-refractivity contribution >= 4 is 17.5 Å². The Kier molecular flexibility index (Phi) is 4.66. The smallest absolute Gasteiger partial charge is 0.251 e. The molecule has 4 rings (SSSR count). The average Bonchev–Trinajstić information content (AvgIpc) is 3.01. The van der Waals surface area contributed by atoms with Gasteiger partial charge in [-0.3, -0.25) is 4.79 Å². The number of halogens is 1. The highest BCUT2D eigenvalue weighted by molar-refractivity contribution is 6.30. The minimum absolute atomic E-state index is 0.0241. The third kappa shape index (κ3) is 3.21. The van der Waals surface area contributed by atoms with Crippen molar-refractivity contribution in [3.63, 3.8) is 0 Å². The molecule has 1 amide bonds. The summed E-state index contributed by atoms with van der Waals surface area (Å²) in [5, 5.41) is 3.81. The lowest BCUT2D eigenvalue weighted by Gasteiger charge is -2.38. The molecule has 0 unspecified atom stereocenters. The number of benzene rings is 2. The van der Waals surface area contributed by atoms with E-state index in [4.69, 9.17) is 16.3 Å². The van der Waals surface area contributed by atoms with Gasteiger partial charge in [-0.2, -0.15) is 0 Å². The summed E-state index contributed by atoms with van der Waals surface area (Å²) < 4.78 is 5.94. The third-order valence-electron chi connectivity index (χ3n) is 6.12. The summed E-state index contributed by atoms with van der Waals surface area (Å²) in [5.41, 5.74) is 2.20. The van der Waals surface area contributed by atoms with Crippen LogP contribution in [0.25, 0.3) is 0 Å². The van der Waals surface area contributed by atoms with Crippen molar-refractivity contribution in [1.82, 2.24) is 5.32 Å². The van der Waals surface area contributed by atoms with Crippen molar-refractivity contribution < 1.29 is 9.53 Å². The van der Waals surface area contributed by atoms with E-state index in [0.717, 1.165) is 38.0 Å².